The zero-order valence-corrected chi connectivity index (χ0v) is 10.9. The SMILES string of the molecule is COc1ccc(CSCC(O)CO)cc1OC. The van der Waals surface area contributed by atoms with Crippen molar-refractivity contribution >= 4 is 11.8 Å². The summed E-state index contributed by atoms with van der Waals surface area (Å²) in [6.45, 7) is -0.196. The van der Waals surface area contributed by atoms with E-state index in [0.29, 0.717) is 17.3 Å². The third-order valence-corrected chi connectivity index (χ3v) is 3.40. The van der Waals surface area contributed by atoms with Crippen LogP contribution in [-0.4, -0.2) is 42.9 Å². The van der Waals surface area contributed by atoms with Gasteiger partial charge in [-0.1, -0.05) is 6.07 Å². The fourth-order valence-corrected chi connectivity index (χ4v) is 2.25. The van der Waals surface area contributed by atoms with E-state index in [1.54, 1.807) is 26.0 Å². The number of rotatable bonds is 7. The van der Waals surface area contributed by atoms with Crippen LogP contribution in [0.15, 0.2) is 18.2 Å². The minimum Gasteiger partial charge on any atom is -0.493 e. The molecule has 0 bridgehead atoms. The van der Waals surface area contributed by atoms with Crippen LogP contribution in [0.4, 0.5) is 0 Å². The molecule has 0 amide bonds. The molecule has 1 atom stereocenters. The van der Waals surface area contributed by atoms with E-state index in [0.717, 1.165) is 11.3 Å². The molecule has 1 rings (SSSR count). The van der Waals surface area contributed by atoms with Crippen molar-refractivity contribution in [3.63, 3.8) is 0 Å². The molecule has 0 saturated heterocycles. The predicted molar refractivity (Wildman–Crippen MR) is 68.8 cm³/mol. The maximum atomic E-state index is 9.20. The molecule has 17 heavy (non-hydrogen) atoms. The van der Waals surface area contributed by atoms with Crippen LogP contribution < -0.4 is 9.47 Å². The molecule has 1 aromatic carbocycles. The molecule has 4 nitrogen and oxygen atoms in total. The summed E-state index contributed by atoms with van der Waals surface area (Å²) in [6, 6.07) is 5.73. The lowest BCUT2D eigenvalue weighted by atomic mass is 10.2. The lowest BCUT2D eigenvalue weighted by Crippen LogP contribution is -2.14. The fourth-order valence-electron chi connectivity index (χ4n) is 1.34. The van der Waals surface area contributed by atoms with Crippen molar-refractivity contribution in [1.29, 1.82) is 0 Å². The summed E-state index contributed by atoms with van der Waals surface area (Å²) in [6.07, 6.45) is -0.653. The van der Waals surface area contributed by atoms with Crippen molar-refractivity contribution in [2.45, 2.75) is 11.9 Å². The van der Waals surface area contributed by atoms with Crippen molar-refractivity contribution in [2.75, 3.05) is 26.6 Å². The van der Waals surface area contributed by atoms with Crippen LogP contribution >= 0.6 is 11.8 Å². The Kier molecular flexibility index (Phi) is 6.18. The normalized spacial score (nSPS) is 12.2. The third kappa shape index (κ3) is 4.46. The summed E-state index contributed by atoms with van der Waals surface area (Å²) < 4.78 is 10.3. The first-order valence-corrected chi connectivity index (χ1v) is 6.44. The Bertz CT molecular complexity index is 343. The van der Waals surface area contributed by atoms with Gasteiger partial charge in [-0.05, 0) is 17.7 Å². The topological polar surface area (TPSA) is 58.9 Å². The van der Waals surface area contributed by atoms with E-state index in [1.807, 2.05) is 18.2 Å². The van der Waals surface area contributed by atoms with Gasteiger partial charge in [0.1, 0.15) is 0 Å². The quantitative estimate of drug-likeness (QED) is 0.772. The molecule has 0 spiro atoms. The highest BCUT2D eigenvalue weighted by atomic mass is 32.2. The second-order valence-corrected chi connectivity index (χ2v) is 4.57. The average molecular weight is 258 g/mol. The number of ether oxygens (including phenoxy) is 2. The van der Waals surface area contributed by atoms with E-state index >= 15 is 0 Å². The highest BCUT2D eigenvalue weighted by Crippen LogP contribution is 2.29. The first-order valence-electron chi connectivity index (χ1n) is 5.28. The molecule has 2 N–H and O–H groups in total. The maximum Gasteiger partial charge on any atom is 0.161 e. The number of hydrogen-bond donors (Lipinski definition) is 2. The number of benzene rings is 1. The zero-order valence-electron chi connectivity index (χ0n) is 10.0. The second kappa shape index (κ2) is 7.42. The number of aliphatic hydroxyl groups is 2. The highest BCUT2D eigenvalue weighted by molar-refractivity contribution is 7.98. The first-order chi connectivity index (χ1) is 8.21. The summed E-state index contributed by atoms with van der Waals surface area (Å²) in [5.74, 6) is 2.69. The maximum absolute atomic E-state index is 9.20. The number of aliphatic hydroxyl groups excluding tert-OH is 2. The molecule has 0 aliphatic heterocycles. The van der Waals surface area contributed by atoms with Gasteiger partial charge in [0, 0.05) is 11.5 Å². The number of methoxy groups -OCH3 is 2. The molecule has 0 saturated carbocycles. The van der Waals surface area contributed by atoms with Gasteiger partial charge in [0.05, 0.1) is 26.9 Å². The molecule has 0 aliphatic carbocycles. The van der Waals surface area contributed by atoms with Crippen molar-refractivity contribution in [3.8, 4) is 11.5 Å². The largest absolute Gasteiger partial charge is 0.493 e. The van der Waals surface area contributed by atoms with Crippen LogP contribution in [-0.2, 0) is 5.75 Å². The summed E-state index contributed by atoms with van der Waals surface area (Å²) >= 11 is 1.57. The Labute approximate surface area is 106 Å². The Morgan fingerprint density at radius 3 is 2.53 bits per heavy atom. The Balaban J connectivity index is 2.54. The number of thioether (sulfide) groups is 1. The lowest BCUT2D eigenvalue weighted by Gasteiger charge is -2.10. The van der Waals surface area contributed by atoms with Crippen molar-refractivity contribution in [1.82, 2.24) is 0 Å². The smallest absolute Gasteiger partial charge is 0.161 e. The van der Waals surface area contributed by atoms with Gasteiger partial charge in [0.25, 0.3) is 0 Å². The summed E-state index contributed by atoms with van der Waals surface area (Å²) in [5, 5.41) is 17.9. The summed E-state index contributed by atoms with van der Waals surface area (Å²) in [7, 11) is 3.20. The second-order valence-electron chi connectivity index (χ2n) is 3.54. The van der Waals surface area contributed by atoms with Crippen LogP contribution in [0.2, 0.25) is 0 Å². The molecule has 0 aliphatic rings. The van der Waals surface area contributed by atoms with Crippen molar-refractivity contribution in [2.24, 2.45) is 0 Å². The van der Waals surface area contributed by atoms with Crippen LogP contribution in [0, 0.1) is 0 Å². The molecule has 1 aromatic rings. The zero-order chi connectivity index (χ0) is 12.7. The molecule has 0 radical (unpaired) electrons. The molecular formula is C12H18O4S. The van der Waals surface area contributed by atoms with Crippen LogP contribution in [0.1, 0.15) is 5.56 Å². The van der Waals surface area contributed by atoms with Gasteiger partial charge >= 0.3 is 0 Å². The van der Waals surface area contributed by atoms with Gasteiger partial charge in [-0.15, -0.1) is 0 Å². The Hall–Kier alpha value is -0.910. The molecule has 0 heterocycles. The van der Waals surface area contributed by atoms with Gasteiger partial charge in [-0.3, -0.25) is 0 Å². The van der Waals surface area contributed by atoms with Crippen LogP contribution in [0.3, 0.4) is 0 Å². The third-order valence-electron chi connectivity index (χ3n) is 2.24. The van der Waals surface area contributed by atoms with E-state index in [9.17, 15) is 5.11 Å². The molecule has 0 fully saturated rings. The van der Waals surface area contributed by atoms with E-state index in [1.165, 1.54) is 0 Å². The van der Waals surface area contributed by atoms with Gasteiger partial charge in [-0.25, -0.2) is 0 Å². The first kappa shape index (κ1) is 14.2. The Morgan fingerprint density at radius 1 is 1.24 bits per heavy atom. The molecular weight excluding hydrogens is 240 g/mol. The lowest BCUT2D eigenvalue weighted by molar-refractivity contribution is 0.113. The van der Waals surface area contributed by atoms with Crippen molar-refractivity contribution < 1.29 is 19.7 Å². The molecule has 1 unspecified atom stereocenters. The predicted octanol–water partition coefficient (Wildman–Crippen LogP) is 1.29. The van der Waals surface area contributed by atoms with Gasteiger partial charge in [0.15, 0.2) is 11.5 Å². The highest BCUT2D eigenvalue weighted by Gasteiger charge is 2.06. The average Bonchev–Trinajstić information content (AvgIpc) is 2.38. The van der Waals surface area contributed by atoms with E-state index < -0.39 is 6.10 Å². The van der Waals surface area contributed by atoms with Gasteiger partial charge in [-0.2, -0.15) is 11.8 Å². The standard InChI is InChI=1S/C12H18O4S/c1-15-11-4-3-9(5-12(11)16-2)7-17-8-10(14)6-13/h3-5,10,13-14H,6-8H2,1-2H3. The minimum atomic E-state index is -0.653. The van der Waals surface area contributed by atoms with E-state index in [2.05, 4.69) is 0 Å². The van der Waals surface area contributed by atoms with E-state index in [-0.39, 0.29) is 6.61 Å². The summed E-state index contributed by atoms with van der Waals surface area (Å²) in [5.41, 5.74) is 1.10. The van der Waals surface area contributed by atoms with Crippen LogP contribution in [0.5, 0.6) is 11.5 Å². The van der Waals surface area contributed by atoms with Crippen LogP contribution in [0.25, 0.3) is 0 Å². The Morgan fingerprint density at radius 2 is 1.94 bits per heavy atom. The number of hydrogen-bond acceptors (Lipinski definition) is 5. The fraction of sp³-hybridized carbons (Fsp3) is 0.500. The molecule has 0 aromatic heterocycles. The van der Waals surface area contributed by atoms with Crippen molar-refractivity contribution in [3.05, 3.63) is 23.8 Å². The van der Waals surface area contributed by atoms with Gasteiger partial charge in [0.2, 0.25) is 0 Å². The van der Waals surface area contributed by atoms with E-state index in [4.69, 9.17) is 14.6 Å². The molecule has 5 heteroatoms. The monoisotopic (exact) mass is 258 g/mol. The minimum absolute atomic E-state index is 0.196. The molecule has 96 valence electrons. The van der Waals surface area contributed by atoms with Gasteiger partial charge < -0.3 is 19.7 Å². The summed E-state index contributed by atoms with van der Waals surface area (Å²) in [4.78, 5) is 0.